The van der Waals surface area contributed by atoms with Gasteiger partial charge < -0.3 is 23.8 Å². The van der Waals surface area contributed by atoms with E-state index in [0.29, 0.717) is 34.5 Å². The molecule has 0 fully saturated rings. The zero-order chi connectivity index (χ0) is 24.0. The van der Waals surface area contributed by atoms with Crippen LogP contribution in [0.25, 0.3) is 0 Å². The Kier molecular flexibility index (Phi) is 8.59. The second-order valence-electron chi connectivity index (χ2n) is 7.16. The Labute approximate surface area is 197 Å². The third-order valence-electron chi connectivity index (χ3n) is 5.07. The number of methoxy groups -OCH3 is 2. The van der Waals surface area contributed by atoms with Crippen LogP contribution in [0.2, 0.25) is 0 Å². The predicted molar refractivity (Wildman–Crippen MR) is 129 cm³/mol. The summed E-state index contributed by atoms with van der Waals surface area (Å²) in [7, 11) is -0.346. The van der Waals surface area contributed by atoms with Crippen molar-refractivity contribution >= 4 is 42.0 Å². The molecule has 1 unspecified atom stereocenters. The molecule has 0 bridgehead atoms. The maximum absolute atomic E-state index is 13.0. The number of rotatable bonds is 9. The number of thioether (sulfide) groups is 1. The molecule has 2 aromatic carbocycles. The van der Waals surface area contributed by atoms with E-state index in [4.69, 9.17) is 18.5 Å². The summed E-state index contributed by atoms with van der Waals surface area (Å²) in [6, 6.07) is 9.99. The molecule has 1 aliphatic rings. The Morgan fingerprint density at radius 2 is 1.67 bits per heavy atom. The van der Waals surface area contributed by atoms with Crippen LogP contribution in [0.1, 0.15) is 29.8 Å². The first-order valence-corrected chi connectivity index (χ1v) is 13.1. The Morgan fingerprint density at radius 3 is 2.24 bits per heavy atom. The molecule has 1 N–H and O–H groups in total. The van der Waals surface area contributed by atoms with Crippen molar-refractivity contribution in [2.75, 3.05) is 38.5 Å². The number of hydrogen-bond acceptors (Lipinski definition) is 8. The summed E-state index contributed by atoms with van der Waals surface area (Å²) in [5.41, 5.74) is 1.84. The minimum atomic E-state index is -3.39. The third-order valence-corrected chi connectivity index (χ3v) is 8.41. The van der Waals surface area contributed by atoms with Crippen molar-refractivity contribution in [3.8, 4) is 11.5 Å². The molecule has 0 aliphatic carbocycles. The molecule has 1 amide bonds. The van der Waals surface area contributed by atoms with Crippen molar-refractivity contribution in [1.82, 2.24) is 0 Å². The molecule has 0 saturated carbocycles. The Hall–Kier alpha value is -2.32. The summed E-state index contributed by atoms with van der Waals surface area (Å²) in [6.07, 6.45) is 0.375. The summed E-state index contributed by atoms with van der Waals surface area (Å²) in [5.74, 6) is 0.901. The average Bonchev–Trinajstić information content (AvgIpc) is 2.97. The van der Waals surface area contributed by atoms with Crippen LogP contribution in [0, 0.1) is 0 Å². The molecule has 8 nitrogen and oxygen atoms in total. The molecule has 2 aromatic rings. The summed E-state index contributed by atoms with van der Waals surface area (Å²) >= 11 is 1.30. The molecule has 1 atom stereocenters. The van der Waals surface area contributed by atoms with Crippen molar-refractivity contribution in [2.24, 2.45) is 0 Å². The van der Waals surface area contributed by atoms with E-state index in [2.05, 4.69) is 5.32 Å². The Balaban J connectivity index is 1.77. The minimum absolute atomic E-state index is 0.0572. The summed E-state index contributed by atoms with van der Waals surface area (Å²) in [5, 5.41) is 2.84. The highest BCUT2D eigenvalue weighted by Crippen LogP contribution is 2.46. The van der Waals surface area contributed by atoms with Crippen LogP contribution in [0.4, 0.5) is 5.69 Å². The van der Waals surface area contributed by atoms with Crippen molar-refractivity contribution in [1.29, 1.82) is 0 Å². The number of carbonyl (C=O) groups excluding carboxylic acids is 2. The topological polar surface area (TPSA) is 100 Å². The smallest absolute Gasteiger partial charge is 0.361 e. The summed E-state index contributed by atoms with van der Waals surface area (Å²) in [4.78, 5) is 25.6. The van der Waals surface area contributed by atoms with E-state index < -0.39 is 12.8 Å². The van der Waals surface area contributed by atoms with Gasteiger partial charge in [0, 0.05) is 11.3 Å². The minimum Gasteiger partial charge on any atom is -0.493 e. The average molecular weight is 494 g/mol. The molecule has 0 spiro atoms. The lowest BCUT2D eigenvalue weighted by Crippen LogP contribution is -2.27. The van der Waals surface area contributed by atoms with Crippen LogP contribution in [0.15, 0.2) is 36.4 Å². The Morgan fingerprint density at radius 1 is 1.06 bits per heavy atom. The zero-order valence-electron chi connectivity index (χ0n) is 19.1. The van der Waals surface area contributed by atoms with E-state index in [-0.39, 0.29) is 30.7 Å². The van der Waals surface area contributed by atoms with E-state index in [1.165, 1.54) is 26.0 Å². The lowest BCUT2D eigenvalue weighted by atomic mass is 9.99. The molecule has 178 valence electrons. The molecule has 10 heteroatoms. The van der Waals surface area contributed by atoms with Crippen LogP contribution in [-0.4, -0.2) is 50.1 Å². The van der Waals surface area contributed by atoms with Crippen LogP contribution in [-0.2, 0) is 24.8 Å². The number of hydrogen-bond donors (Lipinski definition) is 1. The van der Waals surface area contributed by atoms with Gasteiger partial charge in [-0.05, 0) is 62.2 Å². The maximum atomic E-state index is 13.0. The number of carbonyl (C=O) groups is 2. The molecule has 1 aliphatic heterocycles. The lowest BCUT2D eigenvalue weighted by Gasteiger charge is -2.18. The number of anilines is 1. The fourth-order valence-electron chi connectivity index (χ4n) is 3.51. The lowest BCUT2D eigenvalue weighted by molar-refractivity contribution is -0.115. The van der Waals surface area contributed by atoms with Crippen molar-refractivity contribution in [3.63, 3.8) is 0 Å². The standard InChI is InChI=1S/C23H28NO7PS/c1-5-30-32(27,31-6-2)17-9-7-16(8-10-17)24-23(26)22-12-15-11-20(28-3)21(29-4)13-18(15)19(25)14-33-22/h7-11,13,22H,5-6,12,14H2,1-4H3,(H,24,26). The summed E-state index contributed by atoms with van der Waals surface area (Å²) < 4.78 is 34.3. The molecular weight excluding hydrogens is 465 g/mol. The number of benzene rings is 2. The first-order valence-electron chi connectivity index (χ1n) is 10.6. The molecule has 1 heterocycles. The predicted octanol–water partition coefficient (Wildman–Crippen LogP) is 4.07. The molecular formula is C23H28NO7PS. The van der Waals surface area contributed by atoms with Gasteiger partial charge in [0.2, 0.25) is 5.91 Å². The normalized spacial score (nSPS) is 16.0. The second kappa shape index (κ2) is 11.2. The first-order chi connectivity index (χ1) is 15.8. The zero-order valence-corrected chi connectivity index (χ0v) is 20.8. The van der Waals surface area contributed by atoms with Gasteiger partial charge in [0.15, 0.2) is 17.3 Å². The third kappa shape index (κ3) is 5.79. The van der Waals surface area contributed by atoms with Gasteiger partial charge >= 0.3 is 7.60 Å². The molecule has 0 saturated heterocycles. The van der Waals surface area contributed by atoms with Gasteiger partial charge in [0.1, 0.15) is 0 Å². The highest BCUT2D eigenvalue weighted by atomic mass is 32.2. The van der Waals surface area contributed by atoms with E-state index in [1.54, 1.807) is 50.2 Å². The van der Waals surface area contributed by atoms with Gasteiger partial charge in [-0.15, -0.1) is 11.8 Å². The van der Waals surface area contributed by atoms with E-state index in [9.17, 15) is 14.2 Å². The van der Waals surface area contributed by atoms with E-state index in [1.807, 2.05) is 0 Å². The Bertz CT molecular complexity index is 1050. The molecule has 33 heavy (non-hydrogen) atoms. The van der Waals surface area contributed by atoms with Gasteiger partial charge in [-0.25, -0.2) is 0 Å². The molecule has 0 radical (unpaired) electrons. The van der Waals surface area contributed by atoms with Crippen molar-refractivity contribution < 1.29 is 32.7 Å². The molecule has 3 rings (SSSR count). The number of ketones is 1. The van der Waals surface area contributed by atoms with E-state index >= 15 is 0 Å². The van der Waals surface area contributed by atoms with Gasteiger partial charge in [0.25, 0.3) is 0 Å². The fraction of sp³-hybridized carbons (Fsp3) is 0.391. The quantitative estimate of drug-likeness (QED) is 0.522. The maximum Gasteiger partial charge on any atom is 0.361 e. The number of fused-ring (bicyclic) bond motifs is 1. The number of Topliss-reactive ketones (excluding diaryl/α,β-unsaturated/α-hetero) is 1. The number of ether oxygens (including phenoxy) is 2. The van der Waals surface area contributed by atoms with Gasteiger partial charge in [-0.2, -0.15) is 0 Å². The second-order valence-corrected chi connectivity index (χ2v) is 10.4. The van der Waals surface area contributed by atoms with Crippen molar-refractivity contribution in [2.45, 2.75) is 25.5 Å². The number of nitrogens with one attached hydrogen (secondary N) is 1. The number of amides is 1. The summed E-state index contributed by atoms with van der Waals surface area (Å²) in [6.45, 7) is 4.01. The van der Waals surface area contributed by atoms with Crippen LogP contribution in [0.5, 0.6) is 11.5 Å². The van der Waals surface area contributed by atoms with Crippen LogP contribution in [0.3, 0.4) is 0 Å². The van der Waals surface area contributed by atoms with Crippen LogP contribution < -0.4 is 20.1 Å². The SMILES string of the molecule is CCOP(=O)(OCC)c1ccc(NC(=O)C2Cc3cc(OC)c(OC)cc3C(=O)CS2)cc1. The van der Waals surface area contributed by atoms with Crippen LogP contribution >= 0.6 is 19.4 Å². The van der Waals surface area contributed by atoms with Gasteiger partial charge in [-0.1, -0.05) is 0 Å². The van der Waals surface area contributed by atoms with Gasteiger partial charge in [0.05, 0.1) is 43.7 Å². The highest BCUT2D eigenvalue weighted by Gasteiger charge is 2.30. The van der Waals surface area contributed by atoms with E-state index in [0.717, 1.165) is 5.56 Å². The van der Waals surface area contributed by atoms with Gasteiger partial charge in [-0.3, -0.25) is 14.2 Å². The largest absolute Gasteiger partial charge is 0.493 e. The monoisotopic (exact) mass is 493 g/mol. The first kappa shape index (κ1) is 25.3. The van der Waals surface area contributed by atoms with Crippen molar-refractivity contribution in [3.05, 3.63) is 47.5 Å². The molecule has 0 aromatic heterocycles. The fourth-order valence-corrected chi connectivity index (χ4v) is 6.09. The highest BCUT2D eigenvalue weighted by molar-refractivity contribution is 8.01.